The maximum atomic E-state index is 5.96. The molecule has 0 aliphatic carbocycles. The highest BCUT2D eigenvalue weighted by atomic mass is 35.5. The van der Waals surface area contributed by atoms with Gasteiger partial charge in [-0.3, -0.25) is 0 Å². The second kappa shape index (κ2) is 5.89. The number of aromatic nitrogens is 2. The molecule has 1 aromatic rings. The fourth-order valence-corrected chi connectivity index (χ4v) is 1.76. The molecule has 0 N–H and O–H groups in total. The normalized spacial score (nSPS) is 10.6. The maximum absolute atomic E-state index is 5.96. The molecule has 0 radical (unpaired) electrons. The minimum Gasteiger partial charge on any atom is -0.490 e. The number of halogens is 1. The molecule has 4 nitrogen and oxygen atoms in total. The smallest absolute Gasteiger partial charge is 0.199 e. The van der Waals surface area contributed by atoms with Gasteiger partial charge in [-0.2, -0.15) is 0 Å². The molecule has 0 aliphatic heterocycles. The summed E-state index contributed by atoms with van der Waals surface area (Å²) in [4.78, 5) is 10.3. The van der Waals surface area contributed by atoms with Crippen LogP contribution in [0.3, 0.4) is 0 Å². The zero-order valence-corrected chi connectivity index (χ0v) is 11.0. The fourth-order valence-electron chi connectivity index (χ4n) is 1.55. The summed E-state index contributed by atoms with van der Waals surface area (Å²) >= 11 is 5.96. The average Bonchev–Trinajstić information content (AvgIpc) is 2.25. The van der Waals surface area contributed by atoms with Crippen LogP contribution in [0.5, 0.6) is 5.75 Å². The molecule has 0 fully saturated rings. The van der Waals surface area contributed by atoms with Crippen molar-refractivity contribution in [3.63, 3.8) is 0 Å². The molecule has 16 heavy (non-hydrogen) atoms. The standard InChI is InChI=1S/C11H18ClN3O/c1-5-15(6-8(2)3)11-9(16-4)10(12)13-7-14-11/h7-8H,5-6H2,1-4H3. The van der Waals surface area contributed by atoms with Gasteiger partial charge in [0.15, 0.2) is 16.7 Å². The Morgan fingerprint density at radius 1 is 1.44 bits per heavy atom. The van der Waals surface area contributed by atoms with Gasteiger partial charge in [0.2, 0.25) is 0 Å². The SMILES string of the molecule is CCN(CC(C)C)c1ncnc(Cl)c1OC. The van der Waals surface area contributed by atoms with Gasteiger partial charge in [-0.1, -0.05) is 25.4 Å². The number of anilines is 1. The van der Waals surface area contributed by atoms with Crippen LogP contribution in [0, 0.1) is 5.92 Å². The minimum atomic E-state index is 0.356. The summed E-state index contributed by atoms with van der Waals surface area (Å²) < 4.78 is 5.24. The summed E-state index contributed by atoms with van der Waals surface area (Å²) in [5, 5.41) is 0.356. The molecule has 0 aromatic carbocycles. The van der Waals surface area contributed by atoms with Crippen LogP contribution in [-0.2, 0) is 0 Å². The number of hydrogen-bond donors (Lipinski definition) is 0. The molecule has 5 heteroatoms. The van der Waals surface area contributed by atoms with Gasteiger partial charge in [-0.15, -0.1) is 0 Å². The molecule has 90 valence electrons. The lowest BCUT2D eigenvalue weighted by atomic mass is 10.2. The Balaban J connectivity index is 3.04. The molecule has 0 saturated carbocycles. The Hall–Kier alpha value is -1.03. The van der Waals surface area contributed by atoms with E-state index in [-0.39, 0.29) is 0 Å². The van der Waals surface area contributed by atoms with Crippen molar-refractivity contribution < 1.29 is 4.74 Å². The molecular formula is C11H18ClN3O. The van der Waals surface area contributed by atoms with Gasteiger partial charge < -0.3 is 9.64 Å². The van der Waals surface area contributed by atoms with E-state index in [4.69, 9.17) is 16.3 Å². The Kier molecular flexibility index (Phi) is 4.80. The highest BCUT2D eigenvalue weighted by Gasteiger charge is 2.16. The van der Waals surface area contributed by atoms with Crippen molar-refractivity contribution in [1.29, 1.82) is 0 Å². The van der Waals surface area contributed by atoms with Gasteiger partial charge in [-0.25, -0.2) is 9.97 Å². The highest BCUT2D eigenvalue weighted by molar-refractivity contribution is 6.31. The van der Waals surface area contributed by atoms with Crippen molar-refractivity contribution in [2.75, 3.05) is 25.1 Å². The first-order valence-corrected chi connectivity index (χ1v) is 5.77. The average molecular weight is 244 g/mol. The number of ether oxygens (including phenoxy) is 1. The Morgan fingerprint density at radius 2 is 2.12 bits per heavy atom. The Morgan fingerprint density at radius 3 is 2.62 bits per heavy atom. The van der Waals surface area contributed by atoms with Gasteiger partial charge in [0.25, 0.3) is 0 Å². The van der Waals surface area contributed by atoms with Crippen molar-refractivity contribution >= 4 is 17.4 Å². The number of nitrogens with zero attached hydrogens (tertiary/aromatic N) is 3. The largest absolute Gasteiger partial charge is 0.490 e. The van der Waals surface area contributed by atoms with E-state index in [0.29, 0.717) is 16.8 Å². The number of methoxy groups -OCH3 is 1. The first-order valence-electron chi connectivity index (χ1n) is 5.39. The van der Waals surface area contributed by atoms with Gasteiger partial charge in [0, 0.05) is 13.1 Å². The van der Waals surface area contributed by atoms with Gasteiger partial charge in [-0.05, 0) is 12.8 Å². The van der Waals surface area contributed by atoms with Crippen LogP contribution in [-0.4, -0.2) is 30.2 Å². The Labute approximate surface area is 102 Å². The summed E-state index contributed by atoms with van der Waals surface area (Å²) in [6, 6.07) is 0. The van der Waals surface area contributed by atoms with Crippen molar-refractivity contribution in [3.8, 4) is 5.75 Å². The summed E-state index contributed by atoms with van der Waals surface area (Å²) in [5.74, 6) is 1.86. The van der Waals surface area contributed by atoms with Crippen molar-refractivity contribution in [2.24, 2.45) is 5.92 Å². The molecule has 0 unspecified atom stereocenters. The van der Waals surface area contributed by atoms with Crippen molar-refractivity contribution in [1.82, 2.24) is 9.97 Å². The van der Waals surface area contributed by atoms with Crippen molar-refractivity contribution in [2.45, 2.75) is 20.8 Å². The topological polar surface area (TPSA) is 38.2 Å². The molecule has 1 aromatic heterocycles. The lowest BCUT2D eigenvalue weighted by Crippen LogP contribution is -2.28. The first-order chi connectivity index (χ1) is 7.60. The first kappa shape index (κ1) is 13.0. The van der Waals surface area contributed by atoms with Crippen LogP contribution in [0.25, 0.3) is 0 Å². The number of rotatable bonds is 5. The van der Waals surface area contributed by atoms with Gasteiger partial charge in [0.1, 0.15) is 6.33 Å². The van der Waals surface area contributed by atoms with Crippen LogP contribution in [0.15, 0.2) is 6.33 Å². The van der Waals surface area contributed by atoms with Gasteiger partial charge in [0.05, 0.1) is 7.11 Å². The second-order valence-electron chi connectivity index (χ2n) is 3.95. The molecule has 0 aliphatic rings. The van der Waals surface area contributed by atoms with Crippen LogP contribution in [0.4, 0.5) is 5.82 Å². The predicted octanol–water partition coefficient (Wildman–Crippen LogP) is 2.62. The minimum absolute atomic E-state index is 0.356. The van der Waals surface area contributed by atoms with Gasteiger partial charge >= 0.3 is 0 Å². The Bertz CT molecular complexity index is 344. The molecule has 0 amide bonds. The van der Waals surface area contributed by atoms with Crippen molar-refractivity contribution in [3.05, 3.63) is 11.5 Å². The monoisotopic (exact) mass is 243 g/mol. The van der Waals surface area contributed by atoms with Crippen LogP contribution < -0.4 is 9.64 Å². The highest BCUT2D eigenvalue weighted by Crippen LogP contribution is 2.31. The molecule has 0 atom stereocenters. The molecule has 1 rings (SSSR count). The fraction of sp³-hybridized carbons (Fsp3) is 0.636. The summed E-state index contributed by atoms with van der Waals surface area (Å²) in [6.07, 6.45) is 1.46. The van der Waals surface area contributed by atoms with E-state index >= 15 is 0 Å². The van der Waals surface area contributed by atoms with E-state index in [2.05, 4.69) is 35.6 Å². The molecule has 1 heterocycles. The lowest BCUT2D eigenvalue weighted by molar-refractivity contribution is 0.409. The molecular weight excluding hydrogens is 226 g/mol. The van der Waals surface area contributed by atoms with Crippen LogP contribution in [0.2, 0.25) is 5.15 Å². The predicted molar refractivity (Wildman–Crippen MR) is 66.3 cm³/mol. The molecule has 0 saturated heterocycles. The third kappa shape index (κ3) is 2.98. The number of hydrogen-bond acceptors (Lipinski definition) is 4. The summed E-state index contributed by atoms with van der Waals surface area (Å²) in [7, 11) is 1.58. The zero-order valence-electron chi connectivity index (χ0n) is 10.2. The van der Waals surface area contributed by atoms with E-state index in [1.807, 2.05) is 0 Å². The lowest BCUT2D eigenvalue weighted by Gasteiger charge is -2.25. The van der Waals surface area contributed by atoms with Crippen LogP contribution in [0.1, 0.15) is 20.8 Å². The third-order valence-corrected chi connectivity index (χ3v) is 2.48. The van der Waals surface area contributed by atoms with E-state index in [9.17, 15) is 0 Å². The second-order valence-corrected chi connectivity index (χ2v) is 4.31. The zero-order chi connectivity index (χ0) is 12.1. The molecule has 0 bridgehead atoms. The maximum Gasteiger partial charge on any atom is 0.199 e. The van der Waals surface area contributed by atoms with E-state index in [1.54, 1.807) is 7.11 Å². The molecule has 0 spiro atoms. The quantitative estimate of drug-likeness (QED) is 0.746. The summed E-state index contributed by atoms with van der Waals surface area (Å²) in [5.41, 5.74) is 0. The van der Waals surface area contributed by atoms with E-state index in [1.165, 1.54) is 6.33 Å². The van der Waals surface area contributed by atoms with Crippen LogP contribution >= 0.6 is 11.6 Å². The third-order valence-electron chi connectivity index (χ3n) is 2.21. The van der Waals surface area contributed by atoms with E-state index in [0.717, 1.165) is 18.9 Å². The van der Waals surface area contributed by atoms with E-state index < -0.39 is 0 Å². The summed E-state index contributed by atoms with van der Waals surface area (Å²) in [6.45, 7) is 8.19.